The van der Waals surface area contributed by atoms with E-state index in [9.17, 15) is 0 Å². The Morgan fingerprint density at radius 1 is 0.191 bits per heavy atom. The van der Waals surface area contributed by atoms with Crippen LogP contribution in [0.1, 0.15) is 113 Å². The SMILES string of the molecule is CCc1ccc2c(-c3ccc4c(c3)C(CC)(CC)c3cc(-c5ccc6c(c5)C(CC)(CC)c5cc(-c7c8ccccc8c(-c8c9ccccc9c(-c9ccccc9)c9cc(CC)ccc89)c8cc(CC)ccc78)ccc5-6)ccc3-4)c3ccccc3c(-c3ccccc3)c2c1. The van der Waals surface area contributed by atoms with Gasteiger partial charge in [0.05, 0.1) is 0 Å². The predicted molar refractivity (Wildman–Crippen MR) is 406 cm³/mol. The maximum Gasteiger partial charge on any atom is 0.0210 e. The molecule has 0 saturated heterocycles. The lowest BCUT2D eigenvalue weighted by molar-refractivity contribution is 0.490. The van der Waals surface area contributed by atoms with Gasteiger partial charge in [0.15, 0.2) is 0 Å². The molecule has 0 bridgehead atoms. The minimum atomic E-state index is -0.168. The van der Waals surface area contributed by atoms with Crippen LogP contribution in [0, 0.1) is 0 Å². The molecule has 2 aliphatic carbocycles. The van der Waals surface area contributed by atoms with Crippen molar-refractivity contribution in [2.24, 2.45) is 0 Å². The minimum Gasteiger partial charge on any atom is -0.0642 e. The van der Waals surface area contributed by atoms with Crippen LogP contribution >= 0.6 is 0 Å². The van der Waals surface area contributed by atoms with Crippen LogP contribution in [0.3, 0.4) is 0 Å². The number of hydrogen-bond donors (Lipinski definition) is 0. The largest absolute Gasteiger partial charge is 0.0642 e. The third kappa shape index (κ3) is 8.44. The summed E-state index contributed by atoms with van der Waals surface area (Å²) in [6, 6.07) is 102. The normalized spacial score (nSPS) is 13.5. The molecule has 0 heteroatoms. The molecule has 17 rings (SSSR count). The first kappa shape index (κ1) is 57.7. The van der Waals surface area contributed by atoms with Crippen LogP contribution in [-0.4, -0.2) is 0 Å². The molecule has 0 N–H and O–H groups in total. The summed E-state index contributed by atoms with van der Waals surface area (Å²) in [6.45, 7) is 16.5. The van der Waals surface area contributed by atoms with Crippen molar-refractivity contribution in [3.63, 3.8) is 0 Å². The van der Waals surface area contributed by atoms with Crippen molar-refractivity contribution in [3.05, 3.63) is 300 Å². The summed E-state index contributed by atoms with van der Waals surface area (Å²) in [4.78, 5) is 0. The molecular formula is C94H78. The summed E-state index contributed by atoms with van der Waals surface area (Å²) in [5, 5.41) is 15.6. The lowest BCUT2D eigenvalue weighted by atomic mass is 9.72. The van der Waals surface area contributed by atoms with Gasteiger partial charge in [0.25, 0.3) is 0 Å². The summed E-state index contributed by atoms with van der Waals surface area (Å²) in [7, 11) is 0. The van der Waals surface area contributed by atoms with E-state index in [0.29, 0.717) is 0 Å². The predicted octanol–water partition coefficient (Wildman–Crippen LogP) is 26.5. The smallest absolute Gasteiger partial charge is 0.0210 e. The fourth-order valence-electron chi connectivity index (χ4n) is 18.0. The molecule has 0 heterocycles. The molecule has 2 aliphatic rings. The van der Waals surface area contributed by atoms with Gasteiger partial charge in [-0.2, -0.15) is 0 Å². The lowest BCUT2D eigenvalue weighted by Gasteiger charge is -2.31. The molecule has 0 amide bonds. The second-order valence-electron chi connectivity index (χ2n) is 26.9. The van der Waals surface area contributed by atoms with Crippen LogP contribution in [-0.2, 0) is 30.1 Å². The maximum absolute atomic E-state index is 2.62. The highest BCUT2D eigenvalue weighted by Crippen LogP contribution is 2.59. The van der Waals surface area contributed by atoms with E-state index in [-0.39, 0.29) is 10.8 Å². The highest BCUT2D eigenvalue weighted by Gasteiger charge is 2.43. The Balaban J connectivity index is 0.789. The van der Waals surface area contributed by atoms with Crippen LogP contribution in [0.15, 0.2) is 261 Å². The summed E-state index contributed by atoms with van der Waals surface area (Å²) in [5.74, 6) is 0. The Bertz CT molecular complexity index is 5590. The first-order chi connectivity index (χ1) is 46.3. The van der Waals surface area contributed by atoms with Gasteiger partial charge in [-0.3, -0.25) is 0 Å². The van der Waals surface area contributed by atoms with Gasteiger partial charge in [0.1, 0.15) is 0 Å². The van der Waals surface area contributed by atoms with Crippen LogP contribution in [0.5, 0.6) is 0 Å². The van der Waals surface area contributed by atoms with Gasteiger partial charge in [-0.1, -0.05) is 285 Å². The van der Waals surface area contributed by atoms with E-state index < -0.39 is 0 Å². The fraction of sp³-hybridized carbons (Fsp3) is 0.170. The van der Waals surface area contributed by atoms with E-state index >= 15 is 0 Å². The molecule has 0 saturated carbocycles. The van der Waals surface area contributed by atoms with Crippen molar-refractivity contribution in [2.45, 2.75) is 104 Å². The number of benzene rings is 15. The van der Waals surface area contributed by atoms with Crippen LogP contribution in [0.2, 0.25) is 0 Å². The zero-order valence-corrected chi connectivity index (χ0v) is 55.3. The fourth-order valence-corrected chi connectivity index (χ4v) is 18.0. The third-order valence-corrected chi connectivity index (χ3v) is 22.9. The van der Waals surface area contributed by atoms with Crippen molar-refractivity contribution in [1.29, 1.82) is 0 Å². The molecule has 15 aromatic carbocycles. The highest BCUT2D eigenvalue weighted by molar-refractivity contribution is 6.30. The van der Waals surface area contributed by atoms with Gasteiger partial charge < -0.3 is 0 Å². The van der Waals surface area contributed by atoms with Gasteiger partial charge >= 0.3 is 0 Å². The molecule has 0 radical (unpaired) electrons. The van der Waals surface area contributed by atoms with E-state index in [1.165, 1.54) is 193 Å². The van der Waals surface area contributed by atoms with Gasteiger partial charge in [-0.15, -0.1) is 0 Å². The van der Waals surface area contributed by atoms with E-state index in [1.54, 1.807) is 0 Å². The van der Waals surface area contributed by atoms with Crippen molar-refractivity contribution in [2.75, 3.05) is 0 Å². The average Bonchev–Trinajstić information content (AvgIpc) is 1.22. The highest BCUT2D eigenvalue weighted by atomic mass is 14.5. The van der Waals surface area contributed by atoms with Crippen LogP contribution in [0.4, 0.5) is 0 Å². The first-order valence-corrected chi connectivity index (χ1v) is 34.9. The zero-order chi connectivity index (χ0) is 63.6. The Labute approximate surface area is 554 Å². The Morgan fingerprint density at radius 3 is 0.755 bits per heavy atom. The van der Waals surface area contributed by atoms with Crippen molar-refractivity contribution in [1.82, 2.24) is 0 Å². The molecular weight excluding hydrogens is 1130 g/mol. The van der Waals surface area contributed by atoms with E-state index in [0.717, 1.165) is 44.9 Å². The van der Waals surface area contributed by atoms with Gasteiger partial charge in [-0.25, -0.2) is 0 Å². The monoisotopic (exact) mass is 1210 g/mol. The number of aryl methyl sites for hydroxylation is 3. The second-order valence-corrected chi connectivity index (χ2v) is 26.9. The zero-order valence-electron chi connectivity index (χ0n) is 55.3. The van der Waals surface area contributed by atoms with Crippen LogP contribution < -0.4 is 0 Å². The molecule has 15 aromatic rings. The molecule has 0 atom stereocenters. The number of hydrogen-bond acceptors (Lipinski definition) is 0. The molecule has 454 valence electrons. The van der Waals surface area contributed by atoms with Gasteiger partial charge in [0, 0.05) is 10.8 Å². The van der Waals surface area contributed by atoms with Gasteiger partial charge in [0.2, 0.25) is 0 Å². The first-order valence-electron chi connectivity index (χ1n) is 34.9. The average molecular weight is 1210 g/mol. The summed E-state index contributed by atoms with van der Waals surface area (Å²) in [5.41, 5.74) is 30.7. The Hall–Kier alpha value is -10.1. The Morgan fingerprint density at radius 2 is 0.436 bits per heavy atom. The van der Waals surface area contributed by atoms with Gasteiger partial charge in [-0.05, 0) is 262 Å². The molecule has 0 aliphatic heterocycles. The lowest BCUT2D eigenvalue weighted by Crippen LogP contribution is -2.23. The summed E-state index contributed by atoms with van der Waals surface area (Å²) >= 11 is 0. The topological polar surface area (TPSA) is 0 Å². The molecule has 0 spiro atoms. The maximum atomic E-state index is 2.62. The standard InChI is InChI=1S/C94H78/c1-8-58-37-44-77-80(51-58)87(61-27-17-15-18-28-61)71-31-21-22-32-72(71)89(77)65-42-49-69-67-47-40-63(54-83(67)93(11-4,12-5)85(69)56-65)64-41-48-68-70-50-43-66(57-86(70)94(13-6,14-7)84(68)55-64)90-74-34-24-26-36-76(74)92(82-53-60(10-3)38-45-78(82)90)91-75-35-25-23-33-73(75)88(62-29-19-16-20-30-62)81-52-59(9-2)39-46-79(81)91/h15-57H,8-14H2,1-7H3. The van der Waals surface area contributed by atoms with E-state index in [2.05, 4.69) is 309 Å². The molecule has 0 aromatic heterocycles. The molecule has 0 unspecified atom stereocenters. The third-order valence-electron chi connectivity index (χ3n) is 22.9. The molecule has 94 heavy (non-hydrogen) atoms. The number of fused-ring (bicyclic) bond motifs is 12. The van der Waals surface area contributed by atoms with E-state index in [4.69, 9.17) is 0 Å². The summed E-state index contributed by atoms with van der Waals surface area (Å²) < 4.78 is 0. The summed E-state index contributed by atoms with van der Waals surface area (Å²) in [6.07, 6.45) is 6.98. The quantitative estimate of drug-likeness (QED) is 0.101. The van der Waals surface area contributed by atoms with Crippen LogP contribution in [0.25, 0.3) is 154 Å². The van der Waals surface area contributed by atoms with Crippen molar-refractivity contribution < 1.29 is 0 Å². The van der Waals surface area contributed by atoms with Crippen molar-refractivity contribution in [3.8, 4) is 89.0 Å². The molecule has 0 fully saturated rings. The molecule has 0 nitrogen and oxygen atoms in total. The second kappa shape index (κ2) is 22.6. The van der Waals surface area contributed by atoms with E-state index in [1.807, 2.05) is 0 Å². The minimum absolute atomic E-state index is 0.139. The Kier molecular flexibility index (Phi) is 13.9. The van der Waals surface area contributed by atoms with Crippen molar-refractivity contribution >= 4 is 64.6 Å². The number of rotatable bonds is 13.